The Labute approximate surface area is 181 Å². The first kappa shape index (κ1) is 21.3. The molecule has 0 aliphatic carbocycles. The molecule has 3 aromatic rings. The Balaban J connectivity index is 1.53. The van der Waals surface area contributed by atoms with Crippen molar-refractivity contribution in [2.75, 3.05) is 26.2 Å². The van der Waals surface area contributed by atoms with Gasteiger partial charge in [0.15, 0.2) is 5.69 Å². The normalized spacial score (nSPS) is 15.3. The van der Waals surface area contributed by atoms with E-state index in [1.54, 1.807) is 12.3 Å². The number of rotatable bonds is 4. The lowest BCUT2D eigenvalue weighted by molar-refractivity contribution is -0.143. The summed E-state index contributed by atoms with van der Waals surface area (Å²) < 4.78 is 42.4. The van der Waals surface area contributed by atoms with Gasteiger partial charge in [0.25, 0.3) is 5.91 Å². The average Bonchev–Trinajstić information content (AvgIpc) is 3.20. The molecule has 3 heterocycles. The van der Waals surface area contributed by atoms with Crippen LogP contribution in [0.15, 0.2) is 54.9 Å². The van der Waals surface area contributed by atoms with Crippen LogP contribution in [0.3, 0.4) is 0 Å². The number of piperazine rings is 1. The number of alkyl halides is 3. The smallest absolute Gasteiger partial charge is 0.336 e. The highest BCUT2D eigenvalue weighted by molar-refractivity contribution is 6.30. The first-order chi connectivity index (χ1) is 14.8. The van der Waals surface area contributed by atoms with Crippen LogP contribution in [0.1, 0.15) is 21.7 Å². The maximum atomic E-state index is 13.9. The van der Waals surface area contributed by atoms with Crippen molar-refractivity contribution in [1.82, 2.24) is 24.6 Å². The monoisotopic (exact) mass is 449 g/mol. The van der Waals surface area contributed by atoms with Crippen molar-refractivity contribution >= 4 is 17.5 Å². The van der Waals surface area contributed by atoms with Crippen molar-refractivity contribution in [2.45, 2.75) is 12.7 Å². The number of amides is 1. The van der Waals surface area contributed by atoms with E-state index in [-0.39, 0.29) is 10.7 Å². The zero-order valence-electron chi connectivity index (χ0n) is 16.4. The Morgan fingerprint density at radius 3 is 2.48 bits per heavy atom. The van der Waals surface area contributed by atoms with Crippen molar-refractivity contribution < 1.29 is 18.0 Å². The number of hydrogen-bond acceptors (Lipinski definition) is 4. The molecule has 10 heteroatoms. The van der Waals surface area contributed by atoms with Crippen molar-refractivity contribution in [2.24, 2.45) is 0 Å². The van der Waals surface area contributed by atoms with E-state index in [1.165, 1.54) is 23.1 Å². The zero-order valence-corrected chi connectivity index (χ0v) is 17.1. The van der Waals surface area contributed by atoms with E-state index in [1.807, 2.05) is 18.2 Å². The molecule has 1 amide bonds. The van der Waals surface area contributed by atoms with Crippen molar-refractivity contribution in [3.63, 3.8) is 0 Å². The van der Waals surface area contributed by atoms with Gasteiger partial charge >= 0.3 is 6.18 Å². The van der Waals surface area contributed by atoms with Crippen LogP contribution in [0.2, 0.25) is 5.02 Å². The lowest BCUT2D eigenvalue weighted by atomic mass is 10.1. The van der Waals surface area contributed by atoms with Gasteiger partial charge in [0.2, 0.25) is 0 Å². The summed E-state index contributed by atoms with van der Waals surface area (Å²) in [5.74, 6) is -0.682. The van der Waals surface area contributed by atoms with Gasteiger partial charge in [-0.05, 0) is 30.3 Å². The number of carbonyl (C=O) groups excluding carboxylic acids is 1. The second kappa shape index (κ2) is 8.68. The summed E-state index contributed by atoms with van der Waals surface area (Å²) >= 11 is 5.92. The van der Waals surface area contributed by atoms with Gasteiger partial charge in [-0.15, -0.1) is 0 Å². The molecule has 0 saturated carbocycles. The van der Waals surface area contributed by atoms with E-state index in [0.29, 0.717) is 32.7 Å². The van der Waals surface area contributed by atoms with Gasteiger partial charge in [-0.25, -0.2) is 4.68 Å². The van der Waals surface area contributed by atoms with Crippen LogP contribution in [0, 0.1) is 0 Å². The first-order valence-electron chi connectivity index (χ1n) is 9.65. The summed E-state index contributed by atoms with van der Waals surface area (Å²) in [5, 5.41) is 4.13. The van der Waals surface area contributed by atoms with Crippen LogP contribution in [0.4, 0.5) is 13.2 Å². The minimum atomic E-state index is -4.76. The van der Waals surface area contributed by atoms with Gasteiger partial charge in [-0.2, -0.15) is 18.3 Å². The van der Waals surface area contributed by atoms with E-state index in [2.05, 4.69) is 15.0 Å². The van der Waals surface area contributed by atoms with Crippen LogP contribution >= 0.6 is 11.6 Å². The van der Waals surface area contributed by atoms with Gasteiger partial charge in [-0.1, -0.05) is 23.7 Å². The number of benzene rings is 1. The summed E-state index contributed by atoms with van der Waals surface area (Å²) in [5.41, 5.74) is -0.523. The van der Waals surface area contributed by atoms with E-state index >= 15 is 0 Å². The largest absolute Gasteiger partial charge is 0.434 e. The summed E-state index contributed by atoms with van der Waals surface area (Å²) in [6.07, 6.45) is -2.07. The molecular weight excluding hydrogens is 431 g/mol. The molecule has 1 aliphatic heterocycles. The summed E-state index contributed by atoms with van der Waals surface area (Å²) in [4.78, 5) is 20.8. The van der Waals surface area contributed by atoms with Gasteiger partial charge in [0, 0.05) is 43.9 Å². The van der Waals surface area contributed by atoms with Crippen LogP contribution in [0.5, 0.6) is 0 Å². The number of halogens is 4. The molecule has 0 spiro atoms. The van der Waals surface area contributed by atoms with Crippen molar-refractivity contribution in [1.29, 1.82) is 0 Å². The van der Waals surface area contributed by atoms with Gasteiger partial charge in [0.1, 0.15) is 0 Å². The van der Waals surface area contributed by atoms with Crippen LogP contribution in [0.25, 0.3) is 5.69 Å². The Kier molecular flexibility index (Phi) is 5.97. The highest BCUT2D eigenvalue weighted by Crippen LogP contribution is 2.34. The molecule has 1 aliphatic rings. The number of carbonyl (C=O) groups is 1. The molecule has 1 aromatic carbocycles. The molecule has 162 valence electrons. The van der Waals surface area contributed by atoms with Gasteiger partial charge < -0.3 is 4.90 Å². The third kappa shape index (κ3) is 4.72. The maximum absolute atomic E-state index is 13.9. The van der Waals surface area contributed by atoms with E-state index in [4.69, 9.17) is 11.6 Å². The lowest BCUT2D eigenvalue weighted by Crippen LogP contribution is -2.48. The SMILES string of the molecule is O=C(c1cnn(-c2cccc(Cl)c2)c1C(F)(F)F)N1CCN(Cc2ccccn2)CC1. The molecule has 0 atom stereocenters. The molecule has 31 heavy (non-hydrogen) atoms. The van der Waals surface area contributed by atoms with Crippen LogP contribution in [-0.4, -0.2) is 56.7 Å². The van der Waals surface area contributed by atoms with Crippen molar-refractivity contribution in [3.05, 3.63) is 76.8 Å². The molecule has 2 aromatic heterocycles. The molecule has 6 nitrogen and oxygen atoms in total. The summed E-state index contributed by atoms with van der Waals surface area (Å²) in [7, 11) is 0. The molecule has 1 fully saturated rings. The van der Waals surface area contributed by atoms with E-state index in [0.717, 1.165) is 16.6 Å². The minimum Gasteiger partial charge on any atom is -0.336 e. The predicted octanol–water partition coefficient (Wildman–Crippen LogP) is 3.90. The molecule has 0 N–H and O–H groups in total. The van der Waals surface area contributed by atoms with Crippen molar-refractivity contribution in [3.8, 4) is 5.69 Å². The Hall–Kier alpha value is -2.91. The molecule has 0 radical (unpaired) electrons. The number of pyridine rings is 1. The molecular formula is C21H19ClF3N5O. The highest BCUT2D eigenvalue weighted by Gasteiger charge is 2.41. The number of aromatic nitrogens is 3. The summed E-state index contributed by atoms with van der Waals surface area (Å²) in [6, 6.07) is 11.6. The van der Waals surface area contributed by atoms with Crippen LogP contribution < -0.4 is 0 Å². The van der Waals surface area contributed by atoms with E-state index < -0.39 is 23.3 Å². The Bertz CT molecular complexity index is 1060. The molecule has 1 saturated heterocycles. The minimum absolute atomic E-state index is 0.138. The fourth-order valence-corrected chi connectivity index (χ4v) is 3.77. The highest BCUT2D eigenvalue weighted by atomic mass is 35.5. The maximum Gasteiger partial charge on any atom is 0.434 e. The zero-order chi connectivity index (χ0) is 22.0. The third-order valence-electron chi connectivity index (χ3n) is 5.09. The Morgan fingerprint density at radius 2 is 1.84 bits per heavy atom. The fourth-order valence-electron chi connectivity index (χ4n) is 3.58. The molecule has 4 rings (SSSR count). The summed E-state index contributed by atoms with van der Waals surface area (Å²) in [6.45, 7) is 2.37. The first-order valence-corrected chi connectivity index (χ1v) is 10.0. The predicted molar refractivity (Wildman–Crippen MR) is 109 cm³/mol. The molecule has 0 unspecified atom stereocenters. The standard InChI is InChI=1S/C21H19ClF3N5O/c22-15-4-3-6-17(12-15)30-19(21(23,24)25)18(13-27-30)20(31)29-10-8-28(9-11-29)14-16-5-1-2-7-26-16/h1-7,12-13H,8-11,14H2. The third-order valence-corrected chi connectivity index (χ3v) is 5.33. The number of hydrogen-bond donors (Lipinski definition) is 0. The second-order valence-corrected chi connectivity index (χ2v) is 7.62. The van der Waals surface area contributed by atoms with E-state index in [9.17, 15) is 18.0 Å². The quantitative estimate of drug-likeness (QED) is 0.606. The van der Waals surface area contributed by atoms with Crippen LogP contribution in [-0.2, 0) is 12.7 Å². The van der Waals surface area contributed by atoms with Gasteiger partial charge in [-0.3, -0.25) is 14.7 Å². The number of nitrogens with zero attached hydrogens (tertiary/aromatic N) is 5. The Morgan fingerprint density at radius 1 is 1.06 bits per heavy atom. The second-order valence-electron chi connectivity index (χ2n) is 7.19. The van der Waals surface area contributed by atoms with Gasteiger partial charge in [0.05, 0.1) is 23.1 Å². The molecule has 0 bridgehead atoms. The topological polar surface area (TPSA) is 54.3 Å². The lowest BCUT2D eigenvalue weighted by Gasteiger charge is -2.34. The fraction of sp³-hybridized carbons (Fsp3) is 0.286. The average molecular weight is 450 g/mol.